The summed E-state index contributed by atoms with van der Waals surface area (Å²) in [7, 11) is -2.28. The number of carbonyl (C=O) groups excluding carboxylic acids is 2. The molecule has 0 spiro atoms. The van der Waals surface area contributed by atoms with Crippen molar-refractivity contribution >= 4 is 39.1 Å². The molecule has 0 saturated carbocycles. The van der Waals surface area contributed by atoms with Crippen LogP contribution in [-0.4, -0.2) is 57.1 Å². The topological polar surface area (TPSA) is 96.0 Å². The standard InChI is InChI=1S/C25H34ClN3O5S/c1-7-18(3)27-25(31)19(4)28(15-20-9-8-10-22(13-20)34-5)24(30)16-29(35(6,32)33)21-12-11-17(2)23(26)14-21/h8-14,18-19H,7,15-16H2,1-6H3,(H,27,31)/t18-,19-/m0/s1. The zero-order valence-electron chi connectivity index (χ0n) is 21.0. The van der Waals surface area contributed by atoms with Crippen molar-refractivity contribution in [2.45, 2.75) is 52.7 Å². The van der Waals surface area contributed by atoms with Crippen LogP contribution in [0.2, 0.25) is 5.02 Å². The highest BCUT2D eigenvalue weighted by Gasteiger charge is 2.30. The Hall–Kier alpha value is -2.78. The number of anilines is 1. The number of ether oxygens (including phenoxy) is 1. The van der Waals surface area contributed by atoms with E-state index in [0.29, 0.717) is 10.8 Å². The number of hydrogen-bond donors (Lipinski definition) is 1. The van der Waals surface area contributed by atoms with E-state index in [-0.39, 0.29) is 24.2 Å². The van der Waals surface area contributed by atoms with Gasteiger partial charge in [-0.05, 0) is 62.6 Å². The Morgan fingerprint density at radius 2 is 1.83 bits per heavy atom. The monoisotopic (exact) mass is 523 g/mol. The molecular weight excluding hydrogens is 490 g/mol. The van der Waals surface area contributed by atoms with E-state index in [4.69, 9.17) is 16.3 Å². The normalized spacial score (nSPS) is 13.0. The molecule has 0 unspecified atom stereocenters. The molecule has 2 aromatic rings. The number of carbonyl (C=O) groups is 2. The maximum Gasteiger partial charge on any atom is 0.244 e. The Bertz CT molecular complexity index is 1160. The summed E-state index contributed by atoms with van der Waals surface area (Å²) in [4.78, 5) is 27.9. The van der Waals surface area contributed by atoms with Gasteiger partial charge in [-0.25, -0.2) is 8.42 Å². The zero-order valence-corrected chi connectivity index (χ0v) is 22.6. The fraction of sp³-hybridized carbons (Fsp3) is 0.440. The first-order valence-corrected chi connectivity index (χ1v) is 13.6. The quantitative estimate of drug-likeness (QED) is 0.484. The van der Waals surface area contributed by atoms with Gasteiger partial charge in [0.2, 0.25) is 21.8 Å². The van der Waals surface area contributed by atoms with Crippen molar-refractivity contribution in [3.63, 3.8) is 0 Å². The van der Waals surface area contributed by atoms with Gasteiger partial charge in [0, 0.05) is 17.6 Å². The first-order valence-electron chi connectivity index (χ1n) is 11.3. The van der Waals surface area contributed by atoms with Crippen LogP contribution in [0.5, 0.6) is 5.75 Å². The molecule has 8 nitrogen and oxygen atoms in total. The summed E-state index contributed by atoms with van der Waals surface area (Å²) in [6.07, 6.45) is 1.76. The Morgan fingerprint density at radius 1 is 1.14 bits per heavy atom. The van der Waals surface area contributed by atoms with Gasteiger partial charge in [0.1, 0.15) is 18.3 Å². The van der Waals surface area contributed by atoms with Crippen LogP contribution in [0.15, 0.2) is 42.5 Å². The number of benzene rings is 2. The molecule has 0 fully saturated rings. The maximum atomic E-state index is 13.6. The van der Waals surface area contributed by atoms with Gasteiger partial charge in [0.05, 0.1) is 19.1 Å². The highest BCUT2D eigenvalue weighted by atomic mass is 35.5. The fourth-order valence-corrected chi connectivity index (χ4v) is 4.38. The van der Waals surface area contributed by atoms with Crippen LogP contribution in [-0.2, 0) is 26.2 Å². The molecule has 2 rings (SSSR count). The number of methoxy groups -OCH3 is 1. The average Bonchev–Trinajstić information content (AvgIpc) is 2.81. The molecule has 192 valence electrons. The molecule has 0 saturated heterocycles. The highest BCUT2D eigenvalue weighted by Crippen LogP contribution is 2.25. The van der Waals surface area contributed by atoms with E-state index in [9.17, 15) is 18.0 Å². The van der Waals surface area contributed by atoms with Gasteiger partial charge < -0.3 is 15.0 Å². The zero-order chi connectivity index (χ0) is 26.3. The molecule has 10 heteroatoms. The second kappa shape index (κ2) is 12.3. The summed E-state index contributed by atoms with van der Waals surface area (Å²) >= 11 is 6.22. The number of rotatable bonds is 11. The lowest BCUT2D eigenvalue weighted by Crippen LogP contribution is -2.52. The molecule has 2 atom stereocenters. The van der Waals surface area contributed by atoms with Gasteiger partial charge in [-0.15, -0.1) is 0 Å². The van der Waals surface area contributed by atoms with Gasteiger partial charge in [-0.2, -0.15) is 0 Å². The van der Waals surface area contributed by atoms with Crippen molar-refractivity contribution in [3.05, 3.63) is 58.6 Å². The Morgan fingerprint density at radius 3 is 2.40 bits per heavy atom. The molecule has 0 aliphatic carbocycles. The van der Waals surface area contributed by atoms with Crippen LogP contribution in [0.1, 0.15) is 38.3 Å². The molecule has 35 heavy (non-hydrogen) atoms. The van der Waals surface area contributed by atoms with Crippen LogP contribution < -0.4 is 14.4 Å². The van der Waals surface area contributed by atoms with Crippen molar-refractivity contribution < 1.29 is 22.7 Å². The number of aryl methyl sites for hydroxylation is 1. The van der Waals surface area contributed by atoms with Gasteiger partial charge in [-0.3, -0.25) is 13.9 Å². The molecule has 0 bridgehead atoms. The third kappa shape index (κ3) is 7.86. The Balaban J connectivity index is 2.42. The fourth-order valence-electron chi connectivity index (χ4n) is 3.37. The summed E-state index contributed by atoms with van der Waals surface area (Å²) in [6, 6.07) is 11.0. The second-order valence-electron chi connectivity index (χ2n) is 8.57. The molecule has 2 aromatic carbocycles. The minimum absolute atomic E-state index is 0.0686. The number of hydrogen-bond acceptors (Lipinski definition) is 5. The van der Waals surface area contributed by atoms with Crippen molar-refractivity contribution in [3.8, 4) is 5.75 Å². The third-order valence-corrected chi connectivity index (χ3v) is 7.33. The number of amides is 2. The summed E-state index contributed by atoms with van der Waals surface area (Å²) in [5, 5.41) is 3.28. The predicted molar refractivity (Wildman–Crippen MR) is 139 cm³/mol. The van der Waals surface area contributed by atoms with Crippen molar-refractivity contribution in [2.75, 3.05) is 24.2 Å². The van der Waals surface area contributed by atoms with E-state index < -0.39 is 28.5 Å². The molecule has 0 heterocycles. The molecular formula is C25H34ClN3O5S. The first kappa shape index (κ1) is 28.5. The van der Waals surface area contributed by atoms with Gasteiger partial charge >= 0.3 is 0 Å². The van der Waals surface area contributed by atoms with Crippen LogP contribution in [0.3, 0.4) is 0 Å². The number of nitrogens with zero attached hydrogens (tertiary/aromatic N) is 2. The van der Waals surface area contributed by atoms with E-state index in [1.165, 1.54) is 11.0 Å². The van der Waals surface area contributed by atoms with Crippen molar-refractivity contribution in [1.29, 1.82) is 0 Å². The van der Waals surface area contributed by atoms with Crippen LogP contribution in [0.4, 0.5) is 5.69 Å². The lowest BCUT2D eigenvalue weighted by molar-refractivity contribution is -0.139. The summed E-state index contributed by atoms with van der Waals surface area (Å²) in [5.74, 6) is -0.236. The molecule has 0 aliphatic heterocycles. The predicted octanol–water partition coefficient (Wildman–Crippen LogP) is 3.76. The summed E-state index contributed by atoms with van der Waals surface area (Å²) < 4.78 is 31.5. The van der Waals surface area contributed by atoms with Gasteiger partial charge in [0.25, 0.3) is 0 Å². The summed E-state index contributed by atoms with van der Waals surface area (Å²) in [5.41, 5.74) is 1.80. The van der Waals surface area contributed by atoms with Gasteiger partial charge in [-0.1, -0.05) is 36.7 Å². The average molecular weight is 524 g/mol. The third-order valence-electron chi connectivity index (χ3n) is 5.78. The van der Waals surface area contributed by atoms with E-state index in [1.807, 2.05) is 19.9 Å². The largest absolute Gasteiger partial charge is 0.497 e. The Kier molecular flexibility index (Phi) is 9.97. The van der Waals surface area contributed by atoms with Crippen LogP contribution >= 0.6 is 11.6 Å². The molecule has 0 aromatic heterocycles. The molecule has 0 aliphatic rings. The van der Waals surface area contributed by atoms with Crippen molar-refractivity contribution in [2.24, 2.45) is 0 Å². The smallest absolute Gasteiger partial charge is 0.244 e. The molecule has 2 amide bonds. The second-order valence-corrected chi connectivity index (χ2v) is 10.9. The first-order chi connectivity index (χ1) is 16.4. The van der Waals surface area contributed by atoms with E-state index in [2.05, 4.69) is 5.32 Å². The minimum atomic E-state index is -3.82. The van der Waals surface area contributed by atoms with Crippen LogP contribution in [0, 0.1) is 6.92 Å². The maximum absolute atomic E-state index is 13.6. The number of sulfonamides is 1. The van der Waals surface area contributed by atoms with Crippen molar-refractivity contribution in [1.82, 2.24) is 10.2 Å². The molecule has 0 radical (unpaired) electrons. The minimum Gasteiger partial charge on any atom is -0.497 e. The number of nitrogens with one attached hydrogen (secondary N) is 1. The summed E-state index contributed by atoms with van der Waals surface area (Å²) in [6.45, 7) is 6.87. The SMILES string of the molecule is CC[C@H](C)NC(=O)[C@H](C)N(Cc1cccc(OC)c1)C(=O)CN(c1ccc(C)c(Cl)c1)S(C)(=O)=O. The lowest BCUT2D eigenvalue weighted by Gasteiger charge is -2.32. The van der Waals surface area contributed by atoms with E-state index >= 15 is 0 Å². The highest BCUT2D eigenvalue weighted by molar-refractivity contribution is 7.92. The number of halogens is 1. The lowest BCUT2D eigenvalue weighted by atomic mass is 10.1. The Labute approximate surface area is 213 Å². The molecule has 1 N–H and O–H groups in total. The van der Waals surface area contributed by atoms with Gasteiger partial charge in [0.15, 0.2) is 0 Å². The van der Waals surface area contributed by atoms with E-state index in [0.717, 1.165) is 28.1 Å². The van der Waals surface area contributed by atoms with E-state index in [1.54, 1.807) is 51.3 Å². The van der Waals surface area contributed by atoms with Crippen LogP contribution in [0.25, 0.3) is 0 Å².